The normalized spacial score (nSPS) is 12.1. The van der Waals surface area contributed by atoms with Gasteiger partial charge in [0.2, 0.25) is 5.91 Å². The lowest BCUT2D eigenvalue weighted by Gasteiger charge is -2.12. The second-order valence-electron chi connectivity index (χ2n) is 5.98. The molecule has 0 fully saturated rings. The van der Waals surface area contributed by atoms with Gasteiger partial charge in [0.1, 0.15) is 16.8 Å². The van der Waals surface area contributed by atoms with Crippen LogP contribution in [0.25, 0.3) is 0 Å². The minimum Gasteiger partial charge on any atom is -0.542 e. The number of carbonyl (C=O) groups is 2. The number of hydrogen-bond donors (Lipinski definition) is 4. The molecule has 0 aromatic heterocycles. The molecule has 0 saturated carbocycles. The molecular weight excluding hydrogens is 441 g/mol. The van der Waals surface area contributed by atoms with Crippen molar-refractivity contribution in [1.29, 1.82) is 0 Å². The van der Waals surface area contributed by atoms with E-state index in [-0.39, 0.29) is 11.9 Å². The highest BCUT2D eigenvalue weighted by atomic mass is 19.4. The van der Waals surface area contributed by atoms with Crippen LogP contribution < -0.4 is 31.9 Å². The van der Waals surface area contributed by atoms with Crippen molar-refractivity contribution in [2.24, 2.45) is 16.6 Å². The maximum atomic E-state index is 11.9. The van der Waals surface area contributed by atoms with Crippen LogP contribution in [-0.4, -0.2) is 48.2 Å². The number of alkyl halides is 3. The second-order valence-corrected chi connectivity index (χ2v) is 5.98. The minimum atomic E-state index is -5.19. The summed E-state index contributed by atoms with van der Waals surface area (Å²) >= 11 is 0. The van der Waals surface area contributed by atoms with Gasteiger partial charge >= 0.3 is 6.18 Å². The van der Waals surface area contributed by atoms with E-state index in [2.05, 4.69) is 15.7 Å². The predicted molar refractivity (Wildman–Crippen MR) is 104 cm³/mol. The molecule has 32 heavy (non-hydrogen) atoms. The maximum absolute atomic E-state index is 11.9. The summed E-state index contributed by atoms with van der Waals surface area (Å²) in [5, 5.41) is 26.2. The zero-order valence-electron chi connectivity index (χ0n) is 17.1. The van der Waals surface area contributed by atoms with E-state index in [1.165, 1.54) is 0 Å². The molecule has 0 heterocycles. The fourth-order valence-electron chi connectivity index (χ4n) is 1.98. The van der Waals surface area contributed by atoms with Crippen LogP contribution in [0.2, 0.25) is 0 Å². The van der Waals surface area contributed by atoms with Crippen LogP contribution in [0.15, 0.2) is 29.4 Å². The Balaban J connectivity index is 0.00000118. The molecule has 0 radical (unpaired) electrons. The number of nitrogens with two attached hydrogens (primary N) is 2. The van der Waals surface area contributed by atoms with Crippen LogP contribution in [0.5, 0.6) is 5.75 Å². The number of nitrogens with zero attached hydrogens (tertiary/aromatic N) is 2. The standard InChI is InChI=1S/C15H24N6O4.C2HF3O2/c1-2-25-12-7-5-11(6-8-12)10-19-14(22)13(16)4-3-9-18-15(17)20-21(23)24;3-2(4,5)1(6)7/h5-8,13H,2-4,9-10,16H2,1H3,(H,19,22)(H3,17,18,20);(H,6,7)/p-1/t13-;/m1./s1. The molecule has 0 aliphatic heterocycles. The summed E-state index contributed by atoms with van der Waals surface area (Å²) in [7, 11) is 0. The summed E-state index contributed by atoms with van der Waals surface area (Å²) in [5.41, 5.74) is 12.0. The molecule has 15 heteroatoms. The summed E-state index contributed by atoms with van der Waals surface area (Å²) in [5.74, 6) is -2.77. The molecule has 1 atom stereocenters. The van der Waals surface area contributed by atoms with Crippen molar-refractivity contribution in [1.82, 2.24) is 10.6 Å². The third-order valence-electron chi connectivity index (χ3n) is 3.46. The highest BCUT2D eigenvalue weighted by molar-refractivity contribution is 5.81. The number of nitrogens with one attached hydrogen (secondary N) is 2. The first-order valence-electron chi connectivity index (χ1n) is 9.12. The van der Waals surface area contributed by atoms with Crippen LogP contribution in [0.4, 0.5) is 13.2 Å². The summed E-state index contributed by atoms with van der Waals surface area (Å²) in [6, 6.07) is 6.76. The number of nitro groups is 1. The van der Waals surface area contributed by atoms with E-state index < -0.39 is 23.2 Å². The molecule has 1 amide bonds. The van der Waals surface area contributed by atoms with Gasteiger partial charge in [-0.05, 0) is 37.5 Å². The molecule has 0 saturated heterocycles. The van der Waals surface area contributed by atoms with Crippen molar-refractivity contribution in [3.8, 4) is 5.75 Å². The van der Waals surface area contributed by atoms with Gasteiger partial charge in [-0.25, -0.2) is 10.1 Å². The zero-order valence-corrected chi connectivity index (χ0v) is 17.1. The number of carboxylic acid groups (broad SMARTS) is 1. The number of hydrazone groups is 1. The molecular formula is C17H24F3N6O6-. The molecule has 1 aromatic rings. The number of benzene rings is 1. The van der Waals surface area contributed by atoms with Crippen molar-refractivity contribution >= 4 is 17.8 Å². The molecule has 12 nitrogen and oxygen atoms in total. The average molecular weight is 465 g/mol. The van der Waals surface area contributed by atoms with E-state index in [1.54, 1.807) is 0 Å². The number of carboxylic acids is 1. The van der Waals surface area contributed by atoms with E-state index in [0.717, 1.165) is 11.3 Å². The lowest BCUT2D eigenvalue weighted by molar-refractivity contribution is -0.485. The zero-order chi connectivity index (χ0) is 24.7. The molecule has 0 bridgehead atoms. The summed E-state index contributed by atoms with van der Waals surface area (Å²) in [6.45, 7) is 3.22. The first-order valence-corrected chi connectivity index (χ1v) is 9.12. The van der Waals surface area contributed by atoms with Gasteiger partial charge in [-0.2, -0.15) is 13.2 Å². The van der Waals surface area contributed by atoms with Gasteiger partial charge in [0.25, 0.3) is 5.96 Å². The van der Waals surface area contributed by atoms with E-state index in [4.69, 9.17) is 26.1 Å². The molecule has 0 aliphatic carbocycles. The molecule has 6 N–H and O–H groups in total. The summed E-state index contributed by atoms with van der Waals surface area (Å²) < 4.78 is 36.9. The van der Waals surface area contributed by atoms with Crippen molar-refractivity contribution in [2.45, 2.75) is 38.5 Å². The SMILES string of the molecule is CCOc1ccc(CNC(=O)[C@H](N)CCCNC(N)=N[N+](=O)[O-])cc1.O=C([O-])C(F)(F)F. The van der Waals surface area contributed by atoms with Crippen LogP contribution in [0, 0.1) is 10.1 Å². The quantitative estimate of drug-likeness (QED) is 0.112. The van der Waals surface area contributed by atoms with Gasteiger partial charge in [0.05, 0.1) is 12.6 Å². The first kappa shape index (κ1) is 28.4. The van der Waals surface area contributed by atoms with Crippen molar-refractivity contribution in [2.75, 3.05) is 13.2 Å². The topological polar surface area (TPSA) is 198 Å². The van der Waals surface area contributed by atoms with Crippen molar-refractivity contribution in [3.63, 3.8) is 0 Å². The Morgan fingerprint density at radius 1 is 1.25 bits per heavy atom. The second kappa shape index (κ2) is 14.4. The van der Waals surface area contributed by atoms with Crippen molar-refractivity contribution in [3.05, 3.63) is 39.9 Å². The predicted octanol–water partition coefficient (Wildman–Crippen LogP) is -0.796. The fourth-order valence-corrected chi connectivity index (χ4v) is 1.98. The Labute approximate surface area is 180 Å². The van der Waals surface area contributed by atoms with Gasteiger partial charge in [-0.1, -0.05) is 12.1 Å². The molecule has 1 aromatic carbocycles. The highest BCUT2D eigenvalue weighted by Crippen LogP contribution is 2.12. The molecule has 0 unspecified atom stereocenters. The number of halogens is 3. The Morgan fingerprint density at radius 2 is 1.81 bits per heavy atom. The monoisotopic (exact) mass is 465 g/mol. The first-order chi connectivity index (χ1) is 14.9. The van der Waals surface area contributed by atoms with Gasteiger partial charge in [0.15, 0.2) is 5.03 Å². The molecule has 0 aliphatic rings. The van der Waals surface area contributed by atoms with E-state index in [1.807, 2.05) is 31.2 Å². The molecule has 180 valence electrons. The van der Waals surface area contributed by atoms with Crippen LogP contribution in [0.3, 0.4) is 0 Å². The fraction of sp³-hybridized carbons (Fsp3) is 0.471. The summed E-state index contributed by atoms with van der Waals surface area (Å²) in [6.07, 6.45) is -4.26. The lowest BCUT2D eigenvalue weighted by Crippen LogP contribution is -2.41. The number of amides is 1. The Kier molecular flexibility index (Phi) is 12.8. The van der Waals surface area contributed by atoms with Crippen LogP contribution >= 0.6 is 0 Å². The van der Waals surface area contributed by atoms with Gasteiger partial charge in [0, 0.05) is 13.1 Å². The van der Waals surface area contributed by atoms with E-state index >= 15 is 0 Å². The number of ether oxygens (including phenoxy) is 1. The number of hydrogen-bond acceptors (Lipinski definition) is 7. The van der Waals surface area contributed by atoms with Crippen LogP contribution in [-0.2, 0) is 16.1 Å². The van der Waals surface area contributed by atoms with E-state index in [0.29, 0.717) is 32.5 Å². The number of rotatable bonds is 10. The maximum Gasteiger partial charge on any atom is 0.430 e. The van der Waals surface area contributed by atoms with Gasteiger partial charge < -0.3 is 36.7 Å². The Bertz CT molecular complexity index is 773. The van der Waals surface area contributed by atoms with E-state index in [9.17, 15) is 28.1 Å². The molecule has 0 spiro atoms. The number of aliphatic carboxylic acids is 1. The third-order valence-corrected chi connectivity index (χ3v) is 3.46. The van der Waals surface area contributed by atoms with Gasteiger partial charge in [-0.15, -0.1) is 0 Å². The molecule has 1 rings (SSSR count). The average Bonchev–Trinajstić information content (AvgIpc) is 2.69. The highest BCUT2D eigenvalue weighted by Gasteiger charge is 2.28. The minimum absolute atomic E-state index is 0.263. The summed E-state index contributed by atoms with van der Waals surface area (Å²) in [4.78, 5) is 30.8. The lowest BCUT2D eigenvalue weighted by atomic mass is 10.1. The van der Waals surface area contributed by atoms with Crippen molar-refractivity contribution < 1.29 is 37.6 Å². The smallest absolute Gasteiger partial charge is 0.430 e. The third kappa shape index (κ3) is 13.6. The largest absolute Gasteiger partial charge is 0.542 e. The Hall–Kier alpha value is -3.62. The Morgan fingerprint density at radius 3 is 2.28 bits per heavy atom. The number of guanidine groups is 1. The number of carbonyl (C=O) groups excluding carboxylic acids is 2. The van der Waals surface area contributed by atoms with Gasteiger partial charge in [-0.3, -0.25) is 4.79 Å². The van der Waals surface area contributed by atoms with Crippen LogP contribution in [0.1, 0.15) is 25.3 Å².